The summed E-state index contributed by atoms with van der Waals surface area (Å²) in [4.78, 5) is 26.9. The summed E-state index contributed by atoms with van der Waals surface area (Å²) in [6.07, 6.45) is 6.39. The van der Waals surface area contributed by atoms with Gasteiger partial charge in [-0.05, 0) is 30.9 Å². The van der Waals surface area contributed by atoms with E-state index in [1.165, 1.54) is 37.9 Å². The number of nitrogens with zero attached hydrogens (tertiary/aromatic N) is 2. The van der Waals surface area contributed by atoms with Crippen molar-refractivity contribution in [2.24, 2.45) is 5.92 Å². The summed E-state index contributed by atoms with van der Waals surface area (Å²) in [5, 5.41) is 8.30. The largest absolute Gasteiger partial charge is 0.329 e. The Hall–Kier alpha value is -2.89. The first-order valence-corrected chi connectivity index (χ1v) is 8.66. The number of aromatic amines is 1. The van der Waals surface area contributed by atoms with Crippen molar-refractivity contribution in [3.8, 4) is 0 Å². The molecule has 2 N–H and O–H groups in total. The van der Waals surface area contributed by atoms with Crippen LogP contribution in [0.4, 0.5) is 5.69 Å². The summed E-state index contributed by atoms with van der Waals surface area (Å²) in [5.41, 5.74) is 1.60. The monoisotopic (exact) mass is 336 g/mol. The lowest BCUT2D eigenvalue weighted by Gasteiger charge is -2.12. The molecule has 0 unspecified atom stereocenters. The van der Waals surface area contributed by atoms with Crippen molar-refractivity contribution in [1.82, 2.24) is 14.8 Å². The van der Waals surface area contributed by atoms with Crippen molar-refractivity contribution in [3.63, 3.8) is 0 Å². The van der Waals surface area contributed by atoms with Crippen LogP contribution in [0.25, 0.3) is 10.9 Å². The van der Waals surface area contributed by atoms with Gasteiger partial charge in [-0.1, -0.05) is 31.0 Å². The molecule has 3 aromatic rings. The zero-order valence-corrected chi connectivity index (χ0v) is 13.9. The maximum absolute atomic E-state index is 12.9. The van der Waals surface area contributed by atoms with Crippen LogP contribution in [0, 0.1) is 5.92 Å². The minimum absolute atomic E-state index is 0.239. The van der Waals surface area contributed by atoms with Crippen LogP contribution in [0.15, 0.2) is 47.4 Å². The third kappa shape index (κ3) is 3.20. The summed E-state index contributed by atoms with van der Waals surface area (Å²) >= 11 is 0. The number of amides is 1. The highest BCUT2D eigenvalue weighted by Crippen LogP contribution is 2.28. The van der Waals surface area contributed by atoms with Gasteiger partial charge in [-0.15, -0.1) is 0 Å². The molecule has 0 radical (unpaired) electrons. The van der Waals surface area contributed by atoms with Gasteiger partial charge in [0.05, 0.1) is 5.52 Å². The Bertz CT molecular complexity index is 967. The predicted octanol–water partition coefficient (Wildman–Crippen LogP) is 3.17. The van der Waals surface area contributed by atoms with Gasteiger partial charge in [0.25, 0.3) is 5.91 Å². The van der Waals surface area contributed by atoms with Gasteiger partial charge in [0.1, 0.15) is 5.69 Å². The first kappa shape index (κ1) is 15.6. The molecule has 1 aliphatic carbocycles. The van der Waals surface area contributed by atoms with E-state index in [1.54, 1.807) is 6.07 Å². The molecule has 0 saturated heterocycles. The molecule has 0 aliphatic heterocycles. The van der Waals surface area contributed by atoms with Gasteiger partial charge in [-0.2, -0.15) is 5.10 Å². The van der Waals surface area contributed by atoms with Crippen LogP contribution in [0.2, 0.25) is 0 Å². The number of hydrogen-bond acceptors (Lipinski definition) is 3. The number of rotatable bonds is 4. The lowest BCUT2D eigenvalue weighted by molar-refractivity contribution is 0.101. The summed E-state index contributed by atoms with van der Waals surface area (Å²) in [6.45, 7) is 0.757. The summed E-state index contributed by atoms with van der Waals surface area (Å²) < 4.78 is 1.84. The molecule has 1 saturated carbocycles. The number of benzene rings is 1. The Morgan fingerprint density at radius 3 is 2.84 bits per heavy atom. The van der Waals surface area contributed by atoms with E-state index in [0.29, 0.717) is 17.3 Å². The highest BCUT2D eigenvalue weighted by molar-refractivity contribution is 6.11. The fourth-order valence-corrected chi connectivity index (χ4v) is 3.60. The van der Waals surface area contributed by atoms with Crippen molar-refractivity contribution >= 4 is 22.5 Å². The number of pyridine rings is 1. The minimum atomic E-state index is -0.248. The zero-order chi connectivity index (χ0) is 17.2. The Kier molecular flexibility index (Phi) is 4.09. The van der Waals surface area contributed by atoms with Crippen molar-refractivity contribution < 1.29 is 4.79 Å². The normalized spacial score (nSPS) is 14.9. The molecule has 6 nitrogen and oxygen atoms in total. The van der Waals surface area contributed by atoms with Crippen LogP contribution in [0.5, 0.6) is 0 Å². The van der Waals surface area contributed by atoms with Crippen LogP contribution in [-0.2, 0) is 6.54 Å². The van der Waals surface area contributed by atoms with Gasteiger partial charge >= 0.3 is 0 Å². The highest BCUT2D eigenvalue weighted by Gasteiger charge is 2.22. The van der Waals surface area contributed by atoms with Crippen molar-refractivity contribution in [2.75, 3.05) is 5.32 Å². The van der Waals surface area contributed by atoms with Gasteiger partial charge in [-0.25, -0.2) is 0 Å². The molecule has 2 heterocycles. The maximum Gasteiger partial charge on any atom is 0.274 e. The predicted molar refractivity (Wildman–Crippen MR) is 96.7 cm³/mol. The second-order valence-corrected chi connectivity index (χ2v) is 6.59. The van der Waals surface area contributed by atoms with E-state index in [2.05, 4.69) is 15.4 Å². The Morgan fingerprint density at radius 1 is 1.24 bits per heavy atom. The average molecular weight is 336 g/mol. The van der Waals surface area contributed by atoms with E-state index in [1.807, 2.05) is 28.9 Å². The van der Waals surface area contributed by atoms with Crippen molar-refractivity contribution in [2.45, 2.75) is 32.2 Å². The Labute approximate surface area is 144 Å². The second-order valence-electron chi connectivity index (χ2n) is 6.59. The summed E-state index contributed by atoms with van der Waals surface area (Å²) in [7, 11) is 0. The summed E-state index contributed by atoms with van der Waals surface area (Å²) in [5.74, 6) is 0.331. The van der Waals surface area contributed by atoms with Gasteiger partial charge in [0, 0.05) is 29.9 Å². The first-order valence-electron chi connectivity index (χ1n) is 8.66. The molecular formula is C19H20N4O2. The van der Waals surface area contributed by atoms with E-state index in [4.69, 9.17) is 0 Å². The fraction of sp³-hybridized carbons (Fsp3) is 0.316. The number of hydrogen-bond donors (Lipinski definition) is 2. The molecule has 1 aromatic carbocycles. The van der Waals surface area contributed by atoms with Gasteiger partial charge in [-0.3, -0.25) is 14.3 Å². The molecule has 2 aromatic heterocycles. The van der Waals surface area contributed by atoms with E-state index in [0.717, 1.165) is 17.4 Å². The SMILES string of the molecule is O=C(Nc1cc[nH]c(=O)c1)c1c2ccccc2nn1CC1CCCC1. The first-order chi connectivity index (χ1) is 12.2. The molecule has 1 aliphatic rings. The van der Waals surface area contributed by atoms with Gasteiger partial charge in [0.2, 0.25) is 5.56 Å². The minimum Gasteiger partial charge on any atom is -0.329 e. The Balaban J connectivity index is 1.70. The average Bonchev–Trinajstić information content (AvgIpc) is 3.22. The molecule has 0 atom stereocenters. The van der Waals surface area contributed by atoms with E-state index in [-0.39, 0.29) is 11.5 Å². The quantitative estimate of drug-likeness (QED) is 0.768. The third-order valence-corrected chi connectivity index (χ3v) is 4.80. The molecule has 6 heteroatoms. The number of aromatic nitrogens is 3. The zero-order valence-electron chi connectivity index (χ0n) is 13.9. The third-order valence-electron chi connectivity index (χ3n) is 4.80. The smallest absolute Gasteiger partial charge is 0.274 e. The maximum atomic E-state index is 12.9. The van der Waals surface area contributed by atoms with Crippen LogP contribution >= 0.6 is 0 Å². The lowest BCUT2D eigenvalue weighted by Crippen LogP contribution is -2.21. The molecule has 25 heavy (non-hydrogen) atoms. The molecule has 0 bridgehead atoms. The number of H-pyrrole nitrogens is 1. The highest BCUT2D eigenvalue weighted by atomic mass is 16.2. The van der Waals surface area contributed by atoms with E-state index < -0.39 is 0 Å². The number of carbonyl (C=O) groups is 1. The van der Waals surface area contributed by atoms with Crippen LogP contribution in [0.3, 0.4) is 0 Å². The van der Waals surface area contributed by atoms with Crippen LogP contribution in [0.1, 0.15) is 36.2 Å². The number of nitrogens with one attached hydrogen (secondary N) is 2. The number of carbonyl (C=O) groups excluding carboxylic acids is 1. The lowest BCUT2D eigenvalue weighted by atomic mass is 10.1. The standard InChI is InChI=1S/C19H20N4O2/c24-17-11-14(9-10-20-17)21-19(25)18-15-7-3-4-8-16(15)22-23(18)12-13-5-1-2-6-13/h3-4,7-11,13H,1-2,5-6,12H2,(H2,20,21,24,25). The van der Waals surface area contributed by atoms with E-state index in [9.17, 15) is 9.59 Å². The van der Waals surface area contributed by atoms with Crippen molar-refractivity contribution in [3.05, 3.63) is 58.6 Å². The molecule has 128 valence electrons. The topological polar surface area (TPSA) is 79.8 Å². The fourth-order valence-electron chi connectivity index (χ4n) is 3.60. The van der Waals surface area contributed by atoms with Crippen LogP contribution < -0.4 is 10.9 Å². The van der Waals surface area contributed by atoms with Gasteiger partial charge in [0.15, 0.2) is 0 Å². The molecule has 0 spiro atoms. The Morgan fingerprint density at radius 2 is 2.04 bits per heavy atom. The molecule has 4 rings (SSSR count). The molecular weight excluding hydrogens is 316 g/mol. The number of anilines is 1. The molecule has 1 amide bonds. The van der Waals surface area contributed by atoms with Gasteiger partial charge < -0.3 is 10.3 Å². The summed E-state index contributed by atoms with van der Waals surface area (Å²) in [6, 6.07) is 10.7. The number of fused-ring (bicyclic) bond motifs is 1. The molecule has 1 fully saturated rings. The second kappa shape index (κ2) is 6.55. The van der Waals surface area contributed by atoms with Crippen LogP contribution in [-0.4, -0.2) is 20.7 Å². The van der Waals surface area contributed by atoms with Crippen molar-refractivity contribution in [1.29, 1.82) is 0 Å². The van der Waals surface area contributed by atoms with E-state index >= 15 is 0 Å².